The molecule has 0 aliphatic heterocycles. The molecule has 0 heterocycles. The highest BCUT2D eigenvalue weighted by atomic mass is 16.1. The van der Waals surface area contributed by atoms with Crippen molar-refractivity contribution in [1.82, 2.24) is 0 Å². The van der Waals surface area contributed by atoms with Gasteiger partial charge in [-0.05, 0) is 67.1 Å². The second-order valence-electron chi connectivity index (χ2n) is 9.66. The number of hydrogen-bond donors (Lipinski definition) is 0. The smallest absolute Gasteiger partial charge is 0.133 e. The molecule has 4 fully saturated rings. The molecule has 4 aliphatic carbocycles. The molecule has 2 atom stereocenters. The summed E-state index contributed by atoms with van der Waals surface area (Å²) in [6.45, 7) is 7.26. The van der Waals surface area contributed by atoms with Crippen LogP contribution in [0.25, 0.3) is 0 Å². The molecular formula is C20H34O. The monoisotopic (exact) mass is 290 g/mol. The first kappa shape index (κ1) is 15.6. The summed E-state index contributed by atoms with van der Waals surface area (Å²) in [5.74, 6) is 1.49. The van der Waals surface area contributed by atoms with Crippen LogP contribution in [0, 0.1) is 22.2 Å². The largest absolute Gasteiger partial charge is 0.300 e. The Hall–Kier alpha value is -0.330. The highest BCUT2D eigenvalue weighted by Crippen LogP contribution is 2.70. The van der Waals surface area contributed by atoms with Crippen LogP contribution in [0.5, 0.6) is 0 Å². The van der Waals surface area contributed by atoms with Gasteiger partial charge in [-0.25, -0.2) is 0 Å². The summed E-state index contributed by atoms with van der Waals surface area (Å²) in [6, 6.07) is 0. The summed E-state index contributed by atoms with van der Waals surface area (Å²) in [5.41, 5.74) is 1.50. The maximum absolute atomic E-state index is 12.5. The zero-order chi connectivity index (χ0) is 15.1. The molecule has 0 aromatic carbocycles. The van der Waals surface area contributed by atoms with Gasteiger partial charge >= 0.3 is 0 Å². The number of rotatable bonds is 7. The van der Waals surface area contributed by atoms with Crippen molar-refractivity contribution in [2.45, 2.75) is 97.8 Å². The molecule has 0 spiro atoms. The molecule has 2 unspecified atom stereocenters. The van der Waals surface area contributed by atoms with Gasteiger partial charge in [-0.2, -0.15) is 0 Å². The Morgan fingerprint density at radius 2 is 1.62 bits per heavy atom. The van der Waals surface area contributed by atoms with Crippen molar-refractivity contribution in [3.05, 3.63) is 0 Å². The number of carbonyl (C=O) groups excluding carboxylic acids is 1. The van der Waals surface area contributed by atoms with Gasteiger partial charge in [0.1, 0.15) is 5.78 Å². The van der Waals surface area contributed by atoms with E-state index in [9.17, 15) is 4.79 Å². The van der Waals surface area contributed by atoms with Gasteiger partial charge in [0.15, 0.2) is 0 Å². The van der Waals surface area contributed by atoms with Crippen molar-refractivity contribution < 1.29 is 4.79 Å². The van der Waals surface area contributed by atoms with Crippen LogP contribution >= 0.6 is 0 Å². The molecule has 4 rings (SSSR count). The quantitative estimate of drug-likeness (QED) is 0.532. The highest BCUT2D eigenvalue weighted by Gasteiger charge is 2.60. The van der Waals surface area contributed by atoms with Gasteiger partial charge in [0, 0.05) is 12.8 Å². The predicted octanol–water partition coefficient (Wildman–Crippen LogP) is 5.91. The zero-order valence-electron chi connectivity index (χ0n) is 14.5. The lowest BCUT2D eigenvalue weighted by Gasteiger charge is -2.65. The van der Waals surface area contributed by atoms with E-state index in [1.165, 1.54) is 57.8 Å². The summed E-state index contributed by atoms with van der Waals surface area (Å²) in [4.78, 5) is 12.5. The summed E-state index contributed by atoms with van der Waals surface area (Å²) in [7, 11) is 0. The van der Waals surface area contributed by atoms with E-state index in [1.807, 2.05) is 0 Å². The second kappa shape index (κ2) is 5.39. The molecule has 4 bridgehead atoms. The van der Waals surface area contributed by atoms with Crippen molar-refractivity contribution in [2.75, 3.05) is 0 Å². The van der Waals surface area contributed by atoms with Crippen LogP contribution < -0.4 is 0 Å². The molecule has 120 valence electrons. The van der Waals surface area contributed by atoms with Gasteiger partial charge in [-0.3, -0.25) is 4.79 Å². The van der Waals surface area contributed by atoms with Crippen LogP contribution in [-0.2, 0) is 4.79 Å². The van der Waals surface area contributed by atoms with Crippen molar-refractivity contribution in [3.8, 4) is 0 Å². The fourth-order valence-electron chi connectivity index (χ4n) is 7.14. The molecule has 0 N–H and O–H groups in total. The van der Waals surface area contributed by atoms with Crippen LogP contribution in [0.2, 0.25) is 0 Å². The van der Waals surface area contributed by atoms with E-state index in [0.29, 0.717) is 22.0 Å². The fourth-order valence-corrected chi connectivity index (χ4v) is 7.14. The third-order valence-corrected chi connectivity index (χ3v) is 6.62. The standard InChI is InChI=1S/C20H34O/c1-4-5-6-7-8-17(21)12-20-11-16-9-18(2,14-20)13-19(3,10-16)15-20/h16H,4-15H2,1-3H3. The normalized spacial score (nSPS) is 44.2. The Morgan fingerprint density at radius 1 is 0.952 bits per heavy atom. The average molecular weight is 290 g/mol. The second-order valence-corrected chi connectivity index (χ2v) is 9.66. The average Bonchev–Trinajstić information content (AvgIpc) is 2.29. The molecular weight excluding hydrogens is 256 g/mol. The van der Waals surface area contributed by atoms with Gasteiger partial charge < -0.3 is 0 Å². The minimum Gasteiger partial charge on any atom is -0.300 e. The summed E-state index contributed by atoms with van der Waals surface area (Å²) in [6.07, 6.45) is 15.0. The van der Waals surface area contributed by atoms with E-state index < -0.39 is 0 Å². The van der Waals surface area contributed by atoms with Crippen molar-refractivity contribution >= 4 is 5.78 Å². The molecule has 4 saturated carbocycles. The Balaban J connectivity index is 1.61. The topological polar surface area (TPSA) is 17.1 Å². The first-order chi connectivity index (χ1) is 9.86. The molecule has 0 radical (unpaired) electrons. The lowest BCUT2D eigenvalue weighted by molar-refractivity contribution is -0.155. The van der Waals surface area contributed by atoms with Crippen molar-refractivity contribution in [3.63, 3.8) is 0 Å². The molecule has 4 aliphatic rings. The minimum absolute atomic E-state index is 0.394. The minimum atomic E-state index is 0.394. The third kappa shape index (κ3) is 3.22. The summed E-state index contributed by atoms with van der Waals surface area (Å²) < 4.78 is 0. The molecule has 0 aromatic heterocycles. The Morgan fingerprint density at radius 3 is 2.19 bits per heavy atom. The van der Waals surface area contributed by atoms with E-state index in [2.05, 4.69) is 20.8 Å². The van der Waals surface area contributed by atoms with Crippen LogP contribution in [0.3, 0.4) is 0 Å². The number of Topliss-reactive ketones (excluding diaryl/α,β-unsaturated/α-hetero) is 1. The number of ketones is 1. The number of unbranched alkanes of at least 4 members (excludes halogenated alkanes) is 3. The van der Waals surface area contributed by atoms with E-state index >= 15 is 0 Å². The van der Waals surface area contributed by atoms with Gasteiger partial charge in [-0.1, -0.05) is 40.0 Å². The molecule has 0 amide bonds. The van der Waals surface area contributed by atoms with Crippen LogP contribution in [0.1, 0.15) is 97.8 Å². The number of carbonyl (C=O) groups is 1. The van der Waals surface area contributed by atoms with E-state index in [-0.39, 0.29) is 0 Å². The van der Waals surface area contributed by atoms with E-state index in [4.69, 9.17) is 0 Å². The third-order valence-electron chi connectivity index (χ3n) is 6.62. The highest BCUT2D eigenvalue weighted by molar-refractivity contribution is 5.79. The SMILES string of the molecule is CCCCCCC(=O)CC12CC3CC(C)(CC(C)(C3)C1)C2. The maximum Gasteiger partial charge on any atom is 0.133 e. The first-order valence-corrected chi connectivity index (χ1v) is 9.38. The van der Waals surface area contributed by atoms with Gasteiger partial charge in [0.05, 0.1) is 0 Å². The molecule has 1 heteroatoms. The fraction of sp³-hybridized carbons (Fsp3) is 0.950. The van der Waals surface area contributed by atoms with Crippen LogP contribution in [0.15, 0.2) is 0 Å². The Bertz CT molecular complexity index is 392. The lowest BCUT2D eigenvalue weighted by Crippen LogP contribution is -2.55. The van der Waals surface area contributed by atoms with Gasteiger partial charge in [-0.15, -0.1) is 0 Å². The zero-order valence-corrected chi connectivity index (χ0v) is 14.5. The molecule has 1 nitrogen and oxygen atoms in total. The van der Waals surface area contributed by atoms with Crippen LogP contribution in [-0.4, -0.2) is 5.78 Å². The predicted molar refractivity (Wildman–Crippen MR) is 88.2 cm³/mol. The Labute approximate surface area is 131 Å². The van der Waals surface area contributed by atoms with E-state index in [0.717, 1.165) is 25.2 Å². The summed E-state index contributed by atoms with van der Waals surface area (Å²) >= 11 is 0. The van der Waals surface area contributed by atoms with Crippen molar-refractivity contribution in [1.29, 1.82) is 0 Å². The maximum atomic E-state index is 12.5. The van der Waals surface area contributed by atoms with Gasteiger partial charge in [0.2, 0.25) is 0 Å². The molecule has 0 aromatic rings. The summed E-state index contributed by atoms with van der Waals surface area (Å²) in [5, 5.41) is 0. The van der Waals surface area contributed by atoms with Crippen molar-refractivity contribution in [2.24, 2.45) is 22.2 Å². The molecule has 0 saturated heterocycles. The lowest BCUT2D eigenvalue weighted by atomic mass is 9.39. The first-order valence-electron chi connectivity index (χ1n) is 9.38. The van der Waals surface area contributed by atoms with Crippen LogP contribution in [0.4, 0.5) is 0 Å². The molecule has 21 heavy (non-hydrogen) atoms. The number of hydrogen-bond acceptors (Lipinski definition) is 1. The van der Waals surface area contributed by atoms with E-state index in [1.54, 1.807) is 0 Å². The van der Waals surface area contributed by atoms with Gasteiger partial charge in [0.25, 0.3) is 0 Å². The Kier molecular flexibility index (Phi) is 3.99.